The van der Waals surface area contributed by atoms with Gasteiger partial charge in [-0.2, -0.15) is 0 Å². The van der Waals surface area contributed by atoms with Crippen molar-refractivity contribution in [3.05, 3.63) is 51.5 Å². The number of rotatable bonds is 4. The van der Waals surface area contributed by atoms with Crippen LogP contribution in [0, 0.1) is 13.8 Å². The molecule has 0 saturated carbocycles. The molecule has 3 rings (SSSR count). The van der Waals surface area contributed by atoms with E-state index in [0.29, 0.717) is 26.7 Å². The second-order valence-electron chi connectivity index (χ2n) is 5.78. The number of aromatic hydroxyl groups is 1. The van der Waals surface area contributed by atoms with Gasteiger partial charge >= 0.3 is 5.91 Å². The topological polar surface area (TPSA) is 87.0 Å². The van der Waals surface area contributed by atoms with Crippen LogP contribution in [-0.4, -0.2) is 22.6 Å². The number of aromatic nitrogens is 1. The molecule has 0 unspecified atom stereocenters. The smallest absolute Gasteiger partial charge is 0.302 e. The molecule has 2 N–H and O–H groups in total. The van der Waals surface area contributed by atoms with E-state index >= 15 is 0 Å². The van der Waals surface area contributed by atoms with E-state index in [-0.39, 0.29) is 18.2 Å². The molecular formula is C18H15Cl2N3O3. The van der Waals surface area contributed by atoms with Crippen LogP contribution in [0.25, 0.3) is 10.9 Å². The van der Waals surface area contributed by atoms with Crippen LogP contribution in [0.1, 0.15) is 11.1 Å². The lowest BCUT2D eigenvalue weighted by molar-refractivity contribution is -0.120. The minimum absolute atomic E-state index is 0.0875. The molecule has 134 valence electrons. The normalized spacial score (nSPS) is 11.4. The van der Waals surface area contributed by atoms with E-state index in [1.165, 1.54) is 6.07 Å². The van der Waals surface area contributed by atoms with Gasteiger partial charge in [0.15, 0.2) is 12.3 Å². The van der Waals surface area contributed by atoms with Gasteiger partial charge in [0, 0.05) is 10.4 Å². The number of benzene rings is 2. The molecule has 2 aromatic carbocycles. The molecule has 0 radical (unpaired) electrons. The summed E-state index contributed by atoms with van der Waals surface area (Å²) >= 11 is 12.0. The quantitative estimate of drug-likeness (QED) is 0.576. The van der Waals surface area contributed by atoms with E-state index in [4.69, 9.17) is 27.9 Å². The van der Waals surface area contributed by atoms with Gasteiger partial charge in [0.1, 0.15) is 5.75 Å². The number of nitrogens with zero attached hydrogens (tertiary/aromatic N) is 2. The van der Waals surface area contributed by atoms with Gasteiger partial charge in [-0.15, -0.1) is 10.2 Å². The first-order valence-corrected chi connectivity index (χ1v) is 8.45. The van der Waals surface area contributed by atoms with Crippen LogP contribution in [-0.2, 0) is 4.79 Å². The number of carbonyl (C=O) groups is 1. The van der Waals surface area contributed by atoms with Crippen molar-refractivity contribution in [2.75, 3.05) is 6.61 Å². The average Bonchev–Trinajstić information content (AvgIpc) is 2.89. The summed E-state index contributed by atoms with van der Waals surface area (Å²) < 4.78 is 5.49. The molecule has 0 fully saturated rings. The first kappa shape index (κ1) is 18.2. The van der Waals surface area contributed by atoms with Crippen LogP contribution in [0.15, 0.2) is 40.6 Å². The Balaban J connectivity index is 1.77. The Hall–Kier alpha value is -2.57. The van der Waals surface area contributed by atoms with Crippen molar-refractivity contribution in [2.45, 2.75) is 13.8 Å². The zero-order chi connectivity index (χ0) is 18.8. The first-order valence-electron chi connectivity index (χ1n) is 7.69. The molecule has 0 saturated heterocycles. The SMILES string of the molecule is Cc1ccc(C)c(OCC(=O)N=Nc2c(O)[nH]c3c(Cl)cc(Cl)cc23)c1. The van der Waals surface area contributed by atoms with Crippen molar-refractivity contribution in [3.8, 4) is 11.6 Å². The van der Waals surface area contributed by atoms with Crippen molar-refractivity contribution in [1.82, 2.24) is 4.98 Å². The number of H-pyrrole nitrogens is 1. The maximum atomic E-state index is 12.0. The number of hydrogen-bond acceptors (Lipinski definition) is 4. The lowest BCUT2D eigenvalue weighted by Gasteiger charge is -2.07. The van der Waals surface area contributed by atoms with Crippen LogP contribution < -0.4 is 4.74 Å². The largest absolute Gasteiger partial charge is 0.493 e. The highest BCUT2D eigenvalue weighted by Gasteiger charge is 2.14. The zero-order valence-corrected chi connectivity index (χ0v) is 15.5. The maximum absolute atomic E-state index is 12.0. The van der Waals surface area contributed by atoms with Crippen molar-refractivity contribution < 1.29 is 14.6 Å². The zero-order valence-electron chi connectivity index (χ0n) is 14.0. The molecule has 8 heteroatoms. The van der Waals surface area contributed by atoms with E-state index in [1.807, 2.05) is 32.0 Å². The van der Waals surface area contributed by atoms with E-state index in [2.05, 4.69) is 15.2 Å². The lowest BCUT2D eigenvalue weighted by atomic mass is 10.1. The summed E-state index contributed by atoms with van der Waals surface area (Å²) in [6.45, 7) is 3.56. The van der Waals surface area contributed by atoms with Gasteiger partial charge in [0.25, 0.3) is 0 Å². The third-order valence-corrected chi connectivity index (χ3v) is 4.25. The molecule has 0 aliphatic rings. The van der Waals surface area contributed by atoms with E-state index in [9.17, 15) is 9.90 Å². The summed E-state index contributed by atoms with van der Waals surface area (Å²) in [4.78, 5) is 14.6. The minimum atomic E-state index is -0.590. The van der Waals surface area contributed by atoms with Crippen molar-refractivity contribution in [2.24, 2.45) is 10.2 Å². The van der Waals surface area contributed by atoms with Gasteiger partial charge in [-0.3, -0.25) is 4.79 Å². The number of hydrogen-bond donors (Lipinski definition) is 2. The van der Waals surface area contributed by atoms with E-state index < -0.39 is 5.91 Å². The summed E-state index contributed by atoms with van der Waals surface area (Å²) in [7, 11) is 0. The lowest BCUT2D eigenvalue weighted by Crippen LogP contribution is -2.08. The predicted molar refractivity (Wildman–Crippen MR) is 101 cm³/mol. The number of azo groups is 1. The highest BCUT2D eigenvalue weighted by molar-refractivity contribution is 6.38. The summed E-state index contributed by atoms with van der Waals surface area (Å²) in [6.07, 6.45) is 0. The van der Waals surface area contributed by atoms with Gasteiger partial charge in [-0.25, -0.2) is 0 Å². The van der Waals surface area contributed by atoms with Crippen molar-refractivity contribution >= 4 is 45.7 Å². The highest BCUT2D eigenvalue weighted by atomic mass is 35.5. The molecule has 0 aliphatic carbocycles. The number of halogens is 2. The van der Waals surface area contributed by atoms with Crippen LogP contribution in [0.4, 0.5) is 5.69 Å². The fourth-order valence-corrected chi connectivity index (χ4v) is 2.97. The fourth-order valence-electron chi connectivity index (χ4n) is 2.43. The molecule has 6 nitrogen and oxygen atoms in total. The predicted octanol–water partition coefficient (Wildman–Crippen LogP) is 5.49. The third kappa shape index (κ3) is 3.81. The fraction of sp³-hybridized carbons (Fsp3) is 0.167. The van der Waals surface area contributed by atoms with Crippen LogP contribution in [0.2, 0.25) is 10.0 Å². The highest BCUT2D eigenvalue weighted by Crippen LogP contribution is 2.40. The van der Waals surface area contributed by atoms with E-state index in [0.717, 1.165) is 11.1 Å². The number of aromatic amines is 1. The second kappa shape index (κ2) is 7.35. The molecular weight excluding hydrogens is 377 g/mol. The number of amides is 1. The number of fused-ring (bicyclic) bond motifs is 1. The molecule has 26 heavy (non-hydrogen) atoms. The Morgan fingerprint density at radius 1 is 1.23 bits per heavy atom. The molecule has 0 atom stereocenters. The molecule has 0 aliphatic heterocycles. The molecule has 3 aromatic rings. The Kier molecular flexibility index (Phi) is 5.15. The number of nitrogens with one attached hydrogen (secondary N) is 1. The Morgan fingerprint density at radius 3 is 2.77 bits per heavy atom. The standard InChI is InChI=1S/C18H15Cl2N3O3/c1-9-3-4-10(2)14(5-9)26-8-15(24)22-23-17-12-6-11(19)7-13(20)16(12)21-18(17)25/h3-7,21,25H,8H2,1-2H3. The Morgan fingerprint density at radius 2 is 2.00 bits per heavy atom. The van der Waals surface area contributed by atoms with Crippen molar-refractivity contribution in [3.63, 3.8) is 0 Å². The summed E-state index contributed by atoms with van der Waals surface area (Å²) in [5, 5.41) is 18.6. The molecule has 1 heterocycles. The summed E-state index contributed by atoms with van der Waals surface area (Å²) in [5.41, 5.74) is 2.49. The monoisotopic (exact) mass is 391 g/mol. The van der Waals surface area contributed by atoms with Gasteiger partial charge in [-0.05, 0) is 43.2 Å². The van der Waals surface area contributed by atoms with Crippen LogP contribution in [0.5, 0.6) is 11.6 Å². The molecule has 1 amide bonds. The Labute approximate surface area is 159 Å². The second-order valence-corrected chi connectivity index (χ2v) is 6.63. The molecule has 1 aromatic heterocycles. The Bertz CT molecular complexity index is 1030. The minimum Gasteiger partial charge on any atom is -0.493 e. The number of carbonyl (C=O) groups excluding carboxylic acids is 1. The van der Waals surface area contributed by atoms with Crippen LogP contribution in [0.3, 0.4) is 0 Å². The van der Waals surface area contributed by atoms with Gasteiger partial charge in [0.2, 0.25) is 5.88 Å². The van der Waals surface area contributed by atoms with E-state index in [1.54, 1.807) is 6.07 Å². The van der Waals surface area contributed by atoms with Gasteiger partial charge in [0.05, 0.1) is 10.5 Å². The number of ether oxygens (including phenoxy) is 1. The molecule has 0 bridgehead atoms. The van der Waals surface area contributed by atoms with Gasteiger partial charge in [-0.1, -0.05) is 35.3 Å². The maximum Gasteiger partial charge on any atom is 0.302 e. The molecule has 0 spiro atoms. The third-order valence-electron chi connectivity index (χ3n) is 3.73. The van der Waals surface area contributed by atoms with Crippen LogP contribution >= 0.6 is 23.2 Å². The first-order chi connectivity index (χ1) is 12.3. The average molecular weight is 392 g/mol. The summed E-state index contributed by atoms with van der Waals surface area (Å²) in [6, 6.07) is 8.82. The van der Waals surface area contributed by atoms with Crippen molar-refractivity contribution in [1.29, 1.82) is 0 Å². The van der Waals surface area contributed by atoms with Gasteiger partial charge < -0.3 is 14.8 Å². The number of aryl methyl sites for hydroxylation is 2. The summed E-state index contributed by atoms with van der Waals surface area (Å²) in [5.74, 6) is -0.231.